The van der Waals surface area contributed by atoms with Crippen molar-refractivity contribution >= 4 is 43.6 Å². The zero-order chi connectivity index (χ0) is 41.0. The summed E-state index contributed by atoms with van der Waals surface area (Å²) in [6, 6.07) is 79.3. The first-order valence-corrected chi connectivity index (χ1v) is 20.9. The summed E-state index contributed by atoms with van der Waals surface area (Å²) in [7, 11) is 0. The monoisotopic (exact) mass is 791 g/mol. The first kappa shape index (κ1) is 35.5. The predicted octanol–water partition coefficient (Wildman–Crippen LogP) is 14.4. The average molecular weight is 792 g/mol. The van der Waals surface area contributed by atoms with E-state index in [4.69, 9.17) is 15.0 Å². The van der Waals surface area contributed by atoms with E-state index in [1.165, 1.54) is 22.3 Å². The average Bonchev–Trinajstić information content (AvgIpc) is 3.87. The summed E-state index contributed by atoms with van der Waals surface area (Å²) in [5.41, 5.74) is 14.3. The van der Waals surface area contributed by atoms with Gasteiger partial charge in [0.15, 0.2) is 5.82 Å². The van der Waals surface area contributed by atoms with E-state index in [0.717, 1.165) is 71.4 Å². The van der Waals surface area contributed by atoms with Gasteiger partial charge in [0.1, 0.15) is 0 Å². The fourth-order valence-electron chi connectivity index (χ4n) is 9.10. The van der Waals surface area contributed by atoms with E-state index in [-0.39, 0.29) is 0 Å². The molecule has 0 aliphatic heterocycles. The van der Waals surface area contributed by atoms with Gasteiger partial charge in [0.25, 0.3) is 0 Å². The molecule has 0 radical (unpaired) electrons. The maximum absolute atomic E-state index is 5.38. The highest BCUT2D eigenvalue weighted by Gasteiger charge is 2.21. The third-order valence-corrected chi connectivity index (χ3v) is 12.0. The number of hydrogen-bond donors (Lipinski definition) is 0. The van der Waals surface area contributed by atoms with Gasteiger partial charge in [-0.2, -0.15) is 15.0 Å². The van der Waals surface area contributed by atoms with Crippen LogP contribution in [0.25, 0.3) is 111 Å². The van der Waals surface area contributed by atoms with Crippen molar-refractivity contribution in [3.63, 3.8) is 0 Å². The van der Waals surface area contributed by atoms with Crippen LogP contribution >= 0.6 is 0 Å². The van der Waals surface area contributed by atoms with Gasteiger partial charge >= 0.3 is 0 Å². The molecule has 0 unspecified atom stereocenters. The van der Waals surface area contributed by atoms with E-state index in [9.17, 15) is 0 Å². The third kappa shape index (κ3) is 5.98. The molecule has 9 aromatic carbocycles. The van der Waals surface area contributed by atoms with Crippen molar-refractivity contribution in [2.75, 3.05) is 0 Å². The third-order valence-electron chi connectivity index (χ3n) is 12.0. The summed E-state index contributed by atoms with van der Waals surface area (Å²) in [4.78, 5) is 16.0. The van der Waals surface area contributed by atoms with Crippen molar-refractivity contribution in [1.29, 1.82) is 0 Å². The van der Waals surface area contributed by atoms with Gasteiger partial charge in [0.05, 0.1) is 22.1 Å². The van der Waals surface area contributed by atoms with Crippen LogP contribution in [0, 0.1) is 0 Å². The molecule has 0 fully saturated rings. The molecule has 0 saturated heterocycles. The fourth-order valence-corrected chi connectivity index (χ4v) is 9.10. The summed E-state index contributed by atoms with van der Waals surface area (Å²) in [6.07, 6.45) is 0. The van der Waals surface area contributed by atoms with Crippen molar-refractivity contribution in [2.45, 2.75) is 0 Å². The SMILES string of the molecule is c1ccc(-c2ccc3c4ccccc4n(-c4nc(-c5ccc(-c6cccc(-c7ccccc7-c7ccccc7)c6)cc5)nc(-n5c6ccccc6c6ccccc65)n4)c3c2)cc1. The number of hydrogen-bond acceptors (Lipinski definition) is 3. The minimum absolute atomic E-state index is 0.553. The highest BCUT2D eigenvalue weighted by Crippen LogP contribution is 2.38. The van der Waals surface area contributed by atoms with E-state index in [0.29, 0.717) is 17.7 Å². The van der Waals surface area contributed by atoms with Crippen molar-refractivity contribution in [1.82, 2.24) is 24.1 Å². The second-order valence-electron chi connectivity index (χ2n) is 15.6. The minimum Gasteiger partial charge on any atom is -0.278 e. The second kappa shape index (κ2) is 14.7. The number of fused-ring (bicyclic) bond motifs is 6. The number of aromatic nitrogens is 5. The molecule has 0 saturated carbocycles. The molecule has 0 atom stereocenters. The van der Waals surface area contributed by atoms with E-state index in [2.05, 4.69) is 234 Å². The molecule has 12 aromatic rings. The Morgan fingerprint density at radius 3 is 1.26 bits per heavy atom. The molecule has 5 heteroatoms. The summed E-state index contributed by atoms with van der Waals surface area (Å²) in [5, 5.41) is 4.57. The molecule has 290 valence electrons. The Balaban J connectivity index is 1.04. The zero-order valence-corrected chi connectivity index (χ0v) is 33.6. The minimum atomic E-state index is 0.553. The summed E-state index contributed by atoms with van der Waals surface area (Å²) >= 11 is 0. The Bertz CT molecular complexity index is 3570. The molecule has 0 bridgehead atoms. The molecule has 3 heterocycles. The van der Waals surface area contributed by atoms with Gasteiger partial charge in [-0.1, -0.05) is 194 Å². The Kier molecular flexibility index (Phi) is 8.42. The molecule has 0 aliphatic rings. The van der Waals surface area contributed by atoms with E-state index in [1.54, 1.807) is 0 Å². The number of benzene rings is 9. The number of para-hydroxylation sites is 3. The first-order chi connectivity index (χ1) is 30.7. The molecular formula is C57H37N5. The molecule has 0 aliphatic carbocycles. The van der Waals surface area contributed by atoms with Crippen molar-refractivity contribution in [3.8, 4) is 67.8 Å². The maximum Gasteiger partial charge on any atom is 0.240 e. The van der Waals surface area contributed by atoms with Crippen molar-refractivity contribution in [3.05, 3.63) is 224 Å². The van der Waals surface area contributed by atoms with E-state index >= 15 is 0 Å². The van der Waals surface area contributed by atoms with E-state index < -0.39 is 0 Å². The highest BCUT2D eigenvalue weighted by molar-refractivity contribution is 6.11. The Morgan fingerprint density at radius 2 is 0.645 bits per heavy atom. The van der Waals surface area contributed by atoms with Crippen LogP contribution in [-0.2, 0) is 0 Å². The van der Waals surface area contributed by atoms with Crippen LogP contribution in [0.5, 0.6) is 0 Å². The van der Waals surface area contributed by atoms with Gasteiger partial charge in [0.2, 0.25) is 11.9 Å². The lowest BCUT2D eigenvalue weighted by molar-refractivity contribution is 0.893. The topological polar surface area (TPSA) is 48.5 Å². The molecule has 0 N–H and O–H groups in total. The lowest BCUT2D eigenvalue weighted by Crippen LogP contribution is -2.10. The van der Waals surface area contributed by atoms with Gasteiger partial charge in [-0.3, -0.25) is 9.13 Å². The van der Waals surface area contributed by atoms with Crippen LogP contribution in [0.4, 0.5) is 0 Å². The smallest absolute Gasteiger partial charge is 0.240 e. The quantitative estimate of drug-likeness (QED) is 0.162. The van der Waals surface area contributed by atoms with Crippen LogP contribution in [0.1, 0.15) is 0 Å². The maximum atomic E-state index is 5.38. The number of rotatable bonds is 7. The van der Waals surface area contributed by atoms with Gasteiger partial charge < -0.3 is 0 Å². The van der Waals surface area contributed by atoms with Gasteiger partial charge in [-0.05, 0) is 74.8 Å². The zero-order valence-electron chi connectivity index (χ0n) is 33.6. The van der Waals surface area contributed by atoms with E-state index in [1.807, 2.05) is 0 Å². The summed E-state index contributed by atoms with van der Waals surface area (Å²) in [6.45, 7) is 0. The van der Waals surface area contributed by atoms with Crippen LogP contribution in [0.3, 0.4) is 0 Å². The van der Waals surface area contributed by atoms with Crippen LogP contribution in [0.2, 0.25) is 0 Å². The Morgan fingerprint density at radius 1 is 0.242 bits per heavy atom. The highest BCUT2D eigenvalue weighted by atomic mass is 15.3. The molecule has 5 nitrogen and oxygen atoms in total. The summed E-state index contributed by atoms with van der Waals surface area (Å²) in [5.74, 6) is 1.70. The van der Waals surface area contributed by atoms with Crippen LogP contribution in [-0.4, -0.2) is 24.1 Å². The lowest BCUT2D eigenvalue weighted by atomic mass is 9.92. The van der Waals surface area contributed by atoms with Crippen LogP contribution < -0.4 is 0 Å². The Labute approximate surface area is 358 Å². The van der Waals surface area contributed by atoms with Gasteiger partial charge in [-0.25, -0.2) is 0 Å². The Hall–Kier alpha value is -8.41. The molecule has 0 amide bonds. The van der Waals surface area contributed by atoms with Gasteiger partial charge in [0, 0.05) is 27.1 Å². The lowest BCUT2D eigenvalue weighted by Gasteiger charge is -2.13. The van der Waals surface area contributed by atoms with Gasteiger partial charge in [-0.15, -0.1) is 0 Å². The normalized spacial score (nSPS) is 11.5. The molecule has 3 aromatic heterocycles. The number of nitrogens with zero attached hydrogens (tertiary/aromatic N) is 5. The van der Waals surface area contributed by atoms with Crippen molar-refractivity contribution < 1.29 is 0 Å². The van der Waals surface area contributed by atoms with Crippen LogP contribution in [0.15, 0.2) is 224 Å². The summed E-state index contributed by atoms with van der Waals surface area (Å²) < 4.78 is 4.38. The predicted molar refractivity (Wildman–Crippen MR) is 256 cm³/mol. The molecule has 0 spiro atoms. The molecule has 62 heavy (non-hydrogen) atoms. The van der Waals surface area contributed by atoms with Crippen molar-refractivity contribution in [2.24, 2.45) is 0 Å². The largest absolute Gasteiger partial charge is 0.278 e. The molecule has 12 rings (SSSR count). The standard InChI is InChI=1S/C57H37N5/c1-3-16-38(17-4-1)43-34-35-50-49-26-11-14-29-53(49)62(54(50)37-43)57-59-55(58-56(60-57)61-51-27-12-9-24-47(51)48-25-10-13-28-52(48)61)41-32-30-39(31-33-41)42-20-15-21-44(36-42)46-23-8-7-22-45(46)40-18-5-2-6-19-40/h1-37H. The molecular weight excluding hydrogens is 755 g/mol. The second-order valence-corrected chi connectivity index (χ2v) is 15.6. The first-order valence-electron chi connectivity index (χ1n) is 20.9. The fraction of sp³-hybridized carbons (Fsp3) is 0.